The first-order valence-corrected chi connectivity index (χ1v) is 14.1. The molecule has 0 radical (unpaired) electrons. The molecule has 184 valence electrons. The van der Waals surface area contributed by atoms with Crippen LogP contribution in [-0.2, 0) is 9.13 Å². The quantitative estimate of drug-likeness (QED) is 0.194. The number of methoxy groups -OCH3 is 1. The molecule has 0 saturated carbocycles. The molecule has 2 atom stereocenters. The smallest absolute Gasteiger partial charge is 0.347 e. The van der Waals surface area contributed by atoms with E-state index in [4.69, 9.17) is 9.47 Å². The highest BCUT2D eigenvalue weighted by atomic mass is 31.2. The van der Waals surface area contributed by atoms with Crippen molar-refractivity contribution in [1.82, 2.24) is 0 Å². The lowest BCUT2D eigenvalue weighted by Gasteiger charge is -2.21. The highest BCUT2D eigenvalue weighted by Crippen LogP contribution is 2.57. The SMILES string of the molecule is CCCCCCCCCCOc1cc(C(C#N)P(=O)(O)O)c(OC)cc1C(C#N)P(=O)(O)O. The van der Waals surface area contributed by atoms with Crippen LogP contribution in [0.2, 0.25) is 0 Å². The third-order valence-electron chi connectivity index (χ3n) is 5.12. The van der Waals surface area contributed by atoms with Crippen LogP contribution in [0.3, 0.4) is 0 Å². The predicted molar refractivity (Wildman–Crippen MR) is 122 cm³/mol. The van der Waals surface area contributed by atoms with E-state index in [9.17, 15) is 39.2 Å². The molecule has 10 nitrogen and oxygen atoms in total. The molecule has 0 aliphatic heterocycles. The highest BCUT2D eigenvalue weighted by molar-refractivity contribution is 7.52. The Kier molecular flexibility index (Phi) is 12.1. The van der Waals surface area contributed by atoms with E-state index < -0.39 is 26.5 Å². The Morgan fingerprint density at radius 3 is 1.67 bits per heavy atom. The van der Waals surface area contributed by atoms with E-state index in [0.29, 0.717) is 6.42 Å². The molecule has 0 amide bonds. The van der Waals surface area contributed by atoms with E-state index in [2.05, 4.69) is 6.92 Å². The van der Waals surface area contributed by atoms with Crippen LogP contribution in [-0.4, -0.2) is 33.3 Å². The number of nitriles is 2. The van der Waals surface area contributed by atoms with E-state index in [-0.39, 0.29) is 29.2 Å². The molecule has 0 spiro atoms. The molecule has 0 fully saturated rings. The van der Waals surface area contributed by atoms with Crippen molar-refractivity contribution in [3.8, 4) is 23.6 Å². The summed E-state index contributed by atoms with van der Waals surface area (Å²) in [6.45, 7) is 2.32. The molecule has 2 unspecified atom stereocenters. The van der Waals surface area contributed by atoms with Gasteiger partial charge in [-0.1, -0.05) is 51.9 Å². The van der Waals surface area contributed by atoms with E-state index >= 15 is 0 Å². The molecule has 12 heteroatoms. The lowest BCUT2D eigenvalue weighted by molar-refractivity contribution is 0.298. The van der Waals surface area contributed by atoms with Crippen LogP contribution in [0.4, 0.5) is 0 Å². The van der Waals surface area contributed by atoms with Gasteiger partial charge in [0.05, 0.1) is 25.9 Å². The molecule has 0 aromatic heterocycles. The average Bonchev–Trinajstić information content (AvgIpc) is 2.72. The van der Waals surface area contributed by atoms with Crippen molar-refractivity contribution in [3.63, 3.8) is 0 Å². The molecule has 1 aromatic rings. The minimum Gasteiger partial charge on any atom is -0.496 e. The third-order valence-corrected chi connectivity index (χ3v) is 7.26. The summed E-state index contributed by atoms with van der Waals surface area (Å²) in [5.41, 5.74) is -4.11. The van der Waals surface area contributed by atoms with E-state index in [1.54, 1.807) is 12.1 Å². The summed E-state index contributed by atoms with van der Waals surface area (Å²) in [5, 5.41) is 18.7. The Balaban J connectivity index is 3.17. The minimum atomic E-state index is -4.91. The van der Waals surface area contributed by atoms with Crippen molar-refractivity contribution < 1.29 is 38.2 Å². The van der Waals surface area contributed by atoms with Gasteiger partial charge in [0.2, 0.25) is 0 Å². The molecule has 0 aliphatic carbocycles. The normalized spacial score (nSPS) is 13.6. The van der Waals surface area contributed by atoms with Crippen molar-refractivity contribution in [2.75, 3.05) is 13.7 Å². The summed E-state index contributed by atoms with van der Waals surface area (Å²) in [7, 11) is -8.64. The van der Waals surface area contributed by atoms with Crippen molar-refractivity contribution >= 4 is 15.2 Å². The molecule has 0 aliphatic rings. The van der Waals surface area contributed by atoms with E-state index in [1.165, 1.54) is 26.4 Å². The van der Waals surface area contributed by atoms with Gasteiger partial charge >= 0.3 is 15.2 Å². The summed E-state index contributed by atoms with van der Waals surface area (Å²) < 4.78 is 34.5. The first-order chi connectivity index (χ1) is 15.5. The van der Waals surface area contributed by atoms with Crippen molar-refractivity contribution in [1.29, 1.82) is 10.5 Å². The zero-order chi connectivity index (χ0) is 25.1. The number of ether oxygens (including phenoxy) is 2. The van der Waals surface area contributed by atoms with Gasteiger partial charge in [0.15, 0.2) is 11.3 Å². The van der Waals surface area contributed by atoms with Gasteiger partial charge in [0, 0.05) is 11.1 Å². The van der Waals surface area contributed by atoms with Gasteiger partial charge in [-0.15, -0.1) is 0 Å². The Bertz CT molecular complexity index is 945. The number of hydrogen-bond donors (Lipinski definition) is 4. The van der Waals surface area contributed by atoms with Gasteiger partial charge in [-0.3, -0.25) is 9.13 Å². The minimum absolute atomic E-state index is 0.127. The average molecular weight is 502 g/mol. The van der Waals surface area contributed by atoms with Crippen molar-refractivity contribution in [3.05, 3.63) is 23.3 Å². The number of unbranched alkanes of at least 4 members (excludes halogenated alkanes) is 7. The Morgan fingerprint density at radius 1 is 0.818 bits per heavy atom. The van der Waals surface area contributed by atoms with Crippen LogP contribution < -0.4 is 9.47 Å². The Hall–Kier alpha value is -1.90. The fraction of sp³-hybridized carbons (Fsp3) is 0.619. The van der Waals surface area contributed by atoms with Gasteiger partial charge in [-0.25, -0.2) is 0 Å². The number of hydrogen-bond acceptors (Lipinski definition) is 6. The Morgan fingerprint density at radius 2 is 1.24 bits per heavy atom. The molecular weight excluding hydrogens is 470 g/mol. The second-order valence-electron chi connectivity index (χ2n) is 7.70. The van der Waals surface area contributed by atoms with Crippen LogP contribution in [0.1, 0.15) is 80.7 Å². The highest BCUT2D eigenvalue weighted by Gasteiger charge is 2.38. The van der Waals surface area contributed by atoms with Crippen LogP contribution in [0.25, 0.3) is 0 Å². The molecule has 0 saturated heterocycles. The van der Waals surface area contributed by atoms with Gasteiger partial charge in [-0.2, -0.15) is 10.5 Å². The Labute approximate surface area is 194 Å². The third kappa shape index (κ3) is 9.10. The molecule has 33 heavy (non-hydrogen) atoms. The molecule has 0 bridgehead atoms. The molecule has 4 N–H and O–H groups in total. The van der Waals surface area contributed by atoms with Gasteiger partial charge in [-0.05, 0) is 18.6 Å². The summed E-state index contributed by atoms with van der Waals surface area (Å²) in [6.07, 6.45) is 8.35. The maximum absolute atomic E-state index is 11.9. The number of rotatable bonds is 15. The summed E-state index contributed by atoms with van der Waals surface area (Å²) >= 11 is 0. The standard InChI is InChI=1S/C21H32N2O8P2/c1-3-4-5-6-7-8-9-10-11-31-19-13-16(20(14-22)32(24,25)26)18(30-2)12-17(19)21(15-23)33(27,28)29/h12-13,20-21H,3-11H2,1-2H3,(H2,24,25,26)(H2,27,28,29). The number of nitrogens with zero attached hydrogens (tertiary/aromatic N) is 2. The largest absolute Gasteiger partial charge is 0.496 e. The van der Waals surface area contributed by atoms with Crippen LogP contribution in [0, 0.1) is 22.7 Å². The number of benzene rings is 1. The molecule has 1 aromatic carbocycles. The maximum Gasteiger partial charge on any atom is 0.347 e. The second kappa shape index (κ2) is 13.7. The van der Waals surface area contributed by atoms with Crippen LogP contribution in [0.15, 0.2) is 12.1 Å². The van der Waals surface area contributed by atoms with E-state index in [1.807, 2.05) is 0 Å². The lowest BCUT2D eigenvalue weighted by atomic mass is 10.0. The zero-order valence-electron chi connectivity index (χ0n) is 18.9. The maximum atomic E-state index is 11.9. The molecule has 0 heterocycles. The van der Waals surface area contributed by atoms with Crippen LogP contribution >= 0.6 is 15.2 Å². The van der Waals surface area contributed by atoms with Crippen molar-refractivity contribution in [2.45, 2.75) is 69.6 Å². The first kappa shape index (κ1) is 29.1. The topological polar surface area (TPSA) is 181 Å². The summed E-state index contributed by atoms with van der Waals surface area (Å²) in [5.74, 6) is -0.315. The fourth-order valence-corrected chi connectivity index (χ4v) is 4.82. The van der Waals surface area contributed by atoms with E-state index in [0.717, 1.165) is 37.8 Å². The monoisotopic (exact) mass is 502 g/mol. The van der Waals surface area contributed by atoms with Crippen LogP contribution in [0.5, 0.6) is 11.5 Å². The summed E-state index contributed by atoms with van der Waals surface area (Å²) in [6, 6.07) is 5.31. The zero-order valence-corrected chi connectivity index (χ0v) is 20.7. The van der Waals surface area contributed by atoms with Crippen molar-refractivity contribution in [2.24, 2.45) is 0 Å². The lowest BCUT2D eigenvalue weighted by Crippen LogP contribution is -2.08. The summed E-state index contributed by atoms with van der Waals surface area (Å²) in [4.78, 5) is 38.4. The van der Waals surface area contributed by atoms with Gasteiger partial charge in [0.1, 0.15) is 11.5 Å². The molecular formula is C21H32N2O8P2. The van der Waals surface area contributed by atoms with Gasteiger partial charge < -0.3 is 29.0 Å². The molecule has 1 rings (SSSR count). The van der Waals surface area contributed by atoms with Gasteiger partial charge in [0.25, 0.3) is 0 Å². The first-order valence-electron chi connectivity index (χ1n) is 10.8. The second-order valence-corrected chi connectivity index (χ2v) is 11.1. The fourth-order valence-electron chi connectivity index (χ4n) is 3.39. The predicted octanol–water partition coefficient (Wildman–Crippen LogP) is 4.70.